The van der Waals surface area contributed by atoms with Crippen LogP contribution in [0.5, 0.6) is 0 Å². The summed E-state index contributed by atoms with van der Waals surface area (Å²) in [5, 5.41) is 10.6. The zero-order valence-electron chi connectivity index (χ0n) is 11.1. The molecule has 0 unspecified atom stereocenters. The van der Waals surface area contributed by atoms with Crippen LogP contribution in [0.25, 0.3) is 6.08 Å². The van der Waals surface area contributed by atoms with E-state index in [0.717, 1.165) is 11.3 Å². The maximum Gasteiger partial charge on any atom is 0.269 e. The number of hydrogen-bond acceptors (Lipinski definition) is 3. The maximum absolute atomic E-state index is 12.6. The van der Waals surface area contributed by atoms with Crippen molar-refractivity contribution >= 4 is 23.4 Å². The summed E-state index contributed by atoms with van der Waals surface area (Å²) in [6, 6.07) is 13.3. The summed E-state index contributed by atoms with van der Waals surface area (Å²) >= 11 is 0. The first-order valence-corrected chi connectivity index (χ1v) is 6.49. The van der Waals surface area contributed by atoms with E-state index < -0.39 is 4.92 Å². The SMILES string of the molecule is O=C(c1ccc([N+](=O)[O-])cc1)N1CC=Cc2ccccc21. The molecule has 2 aromatic carbocycles. The average molecular weight is 280 g/mol. The molecule has 1 aliphatic heterocycles. The van der Waals surface area contributed by atoms with Gasteiger partial charge in [-0.25, -0.2) is 0 Å². The Morgan fingerprint density at radius 2 is 1.81 bits per heavy atom. The summed E-state index contributed by atoms with van der Waals surface area (Å²) in [6.07, 6.45) is 3.90. The van der Waals surface area contributed by atoms with Crippen molar-refractivity contribution in [3.63, 3.8) is 0 Å². The molecule has 104 valence electrons. The van der Waals surface area contributed by atoms with Gasteiger partial charge in [-0.3, -0.25) is 14.9 Å². The van der Waals surface area contributed by atoms with Crippen molar-refractivity contribution in [2.75, 3.05) is 11.4 Å². The molecule has 0 saturated heterocycles. The van der Waals surface area contributed by atoms with Gasteiger partial charge in [-0.15, -0.1) is 0 Å². The fourth-order valence-electron chi connectivity index (χ4n) is 2.33. The quantitative estimate of drug-likeness (QED) is 0.626. The van der Waals surface area contributed by atoms with Gasteiger partial charge in [0.15, 0.2) is 0 Å². The van der Waals surface area contributed by atoms with Crippen molar-refractivity contribution in [1.82, 2.24) is 0 Å². The van der Waals surface area contributed by atoms with Gasteiger partial charge < -0.3 is 4.90 Å². The molecule has 5 heteroatoms. The van der Waals surface area contributed by atoms with Crippen LogP contribution >= 0.6 is 0 Å². The summed E-state index contributed by atoms with van der Waals surface area (Å²) in [4.78, 5) is 24.4. The predicted octanol–water partition coefficient (Wildman–Crippen LogP) is 3.27. The first-order valence-electron chi connectivity index (χ1n) is 6.49. The van der Waals surface area contributed by atoms with E-state index in [4.69, 9.17) is 0 Å². The van der Waals surface area contributed by atoms with Crippen molar-refractivity contribution in [1.29, 1.82) is 0 Å². The molecule has 1 aliphatic rings. The first kappa shape index (κ1) is 13.1. The van der Waals surface area contributed by atoms with Crippen LogP contribution in [0, 0.1) is 10.1 Å². The van der Waals surface area contributed by atoms with Crippen LogP contribution < -0.4 is 4.90 Å². The van der Waals surface area contributed by atoms with E-state index in [-0.39, 0.29) is 11.6 Å². The van der Waals surface area contributed by atoms with Crippen molar-refractivity contribution in [3.05, 3.63) is 75.8 Å². The van der Waals surface area contributed by atoms with Crippen LogP contribution in [-0.4, -0.2) is 17.4 Å². The minimum absolute atomic E-state index is 0.0227. The lowest BCUT2D eigenvalue weighted by Gasteiger charge is -2.26. The Labute approximate surface area is 121 Å². The number of fused-ring (bicyclic) bond motifs is 1. The van der Waals surface area contributed by atoms with Gasteiger partial charge in [0.2, 0.25) is 0 Å². The first-order chi connectivity index (χ1) is 10.2. The summed E-state index contributed by atoms with van der Waals surface area (Å²) in [5.74, 6) is -0.165. The number of non-ortho nitro benzene ring substituents is 1. The van der Waals surface area contributed by atoms with Crippen molar-refractivity contribution < 1.29 is 9.72 Å². The Kier molecular flexibility index (Phi) is 3.23. The van der Waals surface area contributed by atoms with Gasteiger partial charge in [-0.1, -0.05) is 30.4 Å². The number of nitrogens with zero attached hydrogens (tertiary/aromatic N) is 2. The molecule has 0 spiro atoms. The summed E-state index contributed by atoms with van der Waals surface area (Å²) in [7, 11) is 0. The Balaban J connectivity index is 1.92. The molecule has 0 saturated carbocycles. The van der Waals surface area contributed by atoms with Crippen molar-refractivity contribution in [3.8, 4) is 0 Å². The fourth-order valence-corrected chi connectivity index (χ4v) is 2.33. The topological polar surface area (TPSA) is 63.4 Å². The van der Waals surface area contributed by atoms with Crippen LogP contribution in [-0.2, 0) is 0 Å². The Morgan fingerprint density at radius 1 is 1.10 bits per heavy atom. The maximum atomic E-state index is 12.6. The van der Waals surface area contributed by atoms with Crippen LogP contribution in [0.1, 0.15) is 15.9 Å². The predicted molar refractivity (Wildman–Crippen MR) is 80.2 cm³/mol. The molecule has 0 fully saturated rings. The molecule has 1 amide bonds. The minimum Gasteiger partial charge on any atom is -0.304 e. The summed E-state index contributed by atoms with van der Waals surface area (Å²) in [6.45, 7) is 0.493. The van der Waals surface area contributed by atoms with Crippen LogP contribution in [0.4, 0.5) is 11.4 Å². The van der Waals surface area contributed by atoms with Gasteiger partial charge in [0, 0.05) is 24.2 Å². The number of nitro groups is 1. The average Bonchev–Trinajstić information content (AvgIpc) is 2.53. The van der Waals surface area contributed by atoms with Crippen LogP contribution in [0.2, 0.25) is 0 Å². The molecule has 1 heterocycles. The molecular formula is C16H12N2O3. The molecule has 0 N–H and O–H groups in total. The van der Waals surface area contributed by atoms with Crippen molar-refractivity contribution in [2.45, 2.75) is 0 Å². The van der Waals surface area contributed by atoms with Gasteiger partial charge in [-0.05, 0) is 23.8 Å². The van der Waals surface area contributed by atoms with E-state index in [1.54, 1.807) is 4.90 Å². The Bertz CT molecular complexity index is 735. The molecule has 0 aromatic heterocycles. The molecule has 0 atom stereocenters. The normalized spacial score (nSPS) is 12.9. The van der Waals surface area contributed by atoms with E-state index >= 15 is 0 Å². The second-order valence-electron chi connectivity index (χ2n) is 4.68. The lowest BCUT2D eigenvalue weighted by atomic mass is 10.1. The van der Waals surface area contributed by atoms with E-state index in [0.29, 0.717) is 12.1 Å². The lowest BCUT2D eigenvalue weighted by Crippen LogP contribution is -2.32. The highest BCUT2D eigenvalue weighted by molar-refractivity contribution is 6.08. The smallest absolute Gasteiger partial charge is 0.269 e. The second kappa shape index (κ2) is 5.20. The molecule has 21 heavy (non-hydrogen) atoms. The number of nitro benzene ring substituents is 1. The molecule has 0 radical (unpaired) electrons. The van der Waals surface area contributed by atoms with E-state index in [1.807, 2.05) is 36.4 Å². The van der Waals surface area contributed by atoms with Gasteiger partial charge in [-0.2, -0.15) is 0 Å². The highest BCUT2D eigenvalue weighted by Gasteiger charge is 2.21. The number of carbonyl (C=O) groups is 1. The molecule has 0 bridgehead atoms. The number of rotatable bonds is 2. The number of benzene rings is 2. The zero-order chi connectivity index (χ0) is 14.8. The molecule has 0 aliphatic carbocycles. The second-order valence-corrected chi connectivity index (χ2v) is 4.68. The number of anilines is 1. The monoisotopic (exact) mass is 280 g/mol. The van der Waals surface area contributed by atoms with Crippen LogP contribution in [0.15, 0.2) is 54.6 Å². The van der Waals surface area contributed by atoms with Gasteiger partial charge in [0.25, 0.3) is 11.6 Å². The largest absolute Gasteiger partial charge is 0.304 e. The summed E-state index contributed by atoms with van der Waals surface area (Å²) in [5.41, 5.74) is 2.25. The molecule has 2 aromatic rings. The van der Waals surface area contributed by atoms with E-state index in [1.165, 1.54) is 24.3 Å². The minimum atomic E-state index is -0.479. The number of amides is 1. The van der Waals surface area contributed by atoms with Crippen molar-refractivity contribution in [2.24, 2.45) is 0 Å². The Morgan fingerprint density at radius 3 is 2.52 bits per heavy atom. The van der Waals surface area contributed by atoms with E-state index in [9.17, 15) is 14.9 Å². The van der Waals surface area contributed by atoms with Gasteiger partial charge >= 0.3 is 0 Å². The number of para-hydroxylation sites is 1. The number of hydrogen-bond donors (Lipinski definition) is 0. The summed E-state index contributed by atoms with van der Waals surface area (Å²) < 4.78 is 0. The van der Waals surface area contributed by atoms with Crippen LogP contribution in [0.3, 0.4) is 0 Å². The number of carbonyl (C=O) groups excluding carboxylic acids is 1. The van der Waals surface area contributed by atoms with E-state index in [2.05, 4.69) is 0 Å². The third kappa shape index (κ3) is 2.41. The molecule has 3 rings (SSSR count). The zero-order valence-corrected chi connectivity index (χ0v) is 11.1. The van der Waals surface area contributed by atoms with Gasteiger partial charge in [0.05, 0.1) is 10.6 Å². The third-order valence-corrected chi connectivity index (χ3v) is 3.38. The molecule has 5 nitrogen and oxygen atoms in total. The highest BCUT2D eigenvalue weighted by Crippen LogP contribution is 2.27. The lowest BCUT2D eigenvalue weighted by molar-refractivity contribution is -0.384. The molecular weight excluding hydrogens is 268 g/mol. The third-order valence-electron chi connectivity index (χ3n) is 3.38. The Hall–Kier alpha value is -2.95. The standard InChI is InChI=1S/C16H12N2O3/c19-16(13-7-9-14(10-8-13)18(20)21)17-11-3-5-12-4-1-2-6-15(12)17/h1-10H,11H2. The highest BCUT2D eigenvalue weighted by atomic mass is 16.6. The van der Waals surface area contributed by atoms with Gasteiger partial charge in [0.1, 0.15) is 0 Å². The fraction of sp³-hybridized carbons (Fsp3) is 0.0625.